The average molecular weight is 875 g/mol. The number of aromatic nitrogens is 4. The maximum absolute atomic E-state index is 10.8. The molecule has 0 spiro atoms. The number of anilines is 4. The third-order valence-corrected chi connectivity index (χ3v) is 13.0. The van der Waals surface area contributed by atoms with E-state index in [9.17, 15) is 10.5 Å². The summed E-state index contributed by atoms with van der Waals surface area (Å²) in [6, 6.07) is 23.7. The van der Waals surface area contributed by atoms with Gasteiger partial charge in [0.15, 0.2) is 17.5 Å². The lowest BCUT2D eigenvalue weighted by atomic mass is 9.88. The fourth-order valence-corrected chi connectivity index (χ4v) is 9.47. The second kappa shape index (κ2) is 21.6. The SMILES string of the molecule is CCCCCCCCC(CCCCCC)c1ccc2nc(-n3nc(C(C)(C)C)c(C#N)c3N=Nc3c(Nc4c(C)cc(C)cc4C)nc(Nc4ccc(C)cc4)c(C#N)c3C)sc2c1. The predicted octanol–water partition coefficient (Wildman–Crippen LogP) is 16.2. The topological polar surface area (TPSA) is 140 Å². The van der Waals surface area contributed by atoms with Gasteiger partial charge in [-0.15, -0.1) is 10.2 Å². The minimum Gasteiger partial charge on any atom is -0.339 e. The maximum atomic E-state index is 10.8. The summed E-state index contributed by atoms with van der Waals surface area (Å²) in [7, 11) is 0. The molecule has 6 rings (SSSR count). The molecule has 334 valence electrons. The van der Waals surface area contributed by atoms with Crippen molar-refractivity contribution in [1.82, 2.24) is 19.7 Å². The molecule has 0 saturated carbocycles. The molecule has 0 aliphatic heterocycles. The first kappa shape index (κ1) is 47.6. The van der Waals surface area contributed by atoms with Gasteiger partial charge >= 0.3 is 0 Å². The number of thiazole rings is 1. The molecule has 6 aromatic rings. The molecule has 2 N–H and O–H groups in total. The van der Waals surface area contributed by atoms with E-state index in [0.29, 0.717) is 50.8 Å². The number of rotatable bonds is 20. The lowest BCUT2D eigenvalue weighted by molar-refractivity contribution is 0.491. The summed E-state index contributed by atoms with van der Waals surface area (Å²) in [5.74, 6) is 1.60. The first-order chi connectivity index (χ1) is 30.8. The zero-order valence-electron chi connectivity index (χ0n) is 39.7. The zero-order chi connectivity index (χ0) is 46.0. The van der Waals surface area contributed by atoms with Crippen LogP contribution in [0.4, 0.5) is 34.5 Å². The van der Waals surface area contributed by atoms with Crippen molar-refractivity contribution < 1.29 is 0 Å². The molecule has 1 atom stereocenters. The van der Waals surface area contributed by atoms with E-state index in [1.807, 2.05) is 58.9 Å². The Hall–Kier alpha value is -5.91. The number of hydrogen-bond donors (Lipinski definition) is 2. The van der Waals surface area contributed by atoms with Crippen molar-refractivity contribution in [2.24, 2.45) is 10.2 Å². The van der Waals surface area contributed by atoms with Gasteiger partial charge in [-0.2, -0.15) is 20.3 Å². The van der Waals surface area contributed by atoms with Crippen molar-refractivity contribution >= 4 is 56.1 Å². The number of benzene rings is 3. The van der Waals surface area contributed by atoms with Gasteiger partial charge in [0.1, 0.15) is 23.4 Å². The van der Waals surface area contributed by atoms with E-state index in [-0.39, 0.29) is 5.82 Å². The molecule has 3 heterocycles. The number of aryl methyl sites for hydroxylation is 4. The van der Waals surface area contributed by atoms with Gasteiger partial charge in [-0.1, -0.05) is 152 Å². The van der Waals surface area contributed by atoms with E-state index in [2.05, 4.69) is 87.7 Å². The Balaban J connectivity index is 1.44. The van der Waals surface area contributed by atoms with Crippen LogP contribution in [0.2, 0.25) is 0 Å². The zero-order valence-corrected chi connectivity index (χ0v) is 40.6. The highest BCUT2D eigenvalue weighted by atomic mass is 32.1. The van der Waals surface area contributed by atoms with Gasteiger partial charge in [-0.05, 0) is 94.3 Å². The number of fused-ring (bicyclic) bond motifs is 1. The third-order valence-electron chi connectivity index (χ3n) is 12.1. The van der Waals surface area contributed by atoms with Gasteiger partial charge < -0.3 is 10.6 Å². The molecule has 1 unspecified atom stereocenters. The first-order valence-electron chi connectivity index (χ1n) is 23.3. The van der Waals surface area contributed by atoms with Crippen molar-refractivity contribution in [3.05, 3.63) is 105 Å². The van der Waals surface area contributed by atoms with Gasteiger partial charge in [0.2, 0.25) is 5.13 Å². The monoisotopic (exact) mass is 875 g/mol. The second-order valence-electron chi connectivity index (χ2n) is 18.5. The van der Waals surface area contributed by atoms with Crippen molar-refractivity contribution in [1.29, 1.82) is 10.5 Å². The van der Waals surface area contributed by atoms with Crippen LogP contribution in [0.3, 0.4) is 0 Å². The minimum atomic E-state index is -0.478. The average Bonchev–Trinajstić information content (AvgIpc) is 3.86. The van der Waals surface area contributed by atoms with Gasteiger partial charge in [-0.25, -0.2) is 9.97 Å². The number of nitriles is 2. The number of nitrogens with zero attached hydrogens (tertiary/aromatic N) is 8. The van der Waals surface area contributed by atoms with E-state index in [1.165, 1.54) is 82.6 Å². The molecule has 11 heteroatoms. The van der Waals surface area contributed by atoms with Crippen molar-refractivity contribution in [3.63, 3.8) is 0 Å². The molecule has 0 aliphatic rings. The van der Waals surface area contributed by atoms with Crippen LogP contribution in [0.5, 0.6) is 0 Å². The van der Waals surface area contributed by atoms with Crippen molar-refractivity contribution in [2.75, 3.05) is 10.6 Å². The highest BCUT2D eigenvalue weighted by Gasteiger charge is 2.30. The molecule has 3 aromatic carbocycles. The quantitative estimate of drug-likeness (QED) is 0.0575. The second-order valence-corrected chi connectivity index (χ2v) is 19.5. The van der Waals surface area contributed by atoms with E-state index in [1.54, 1.807) is 16.0 Å². The standard InChI is InChI=1S/C53H66N10S/c1-11-13-15-17-18-20-22-39(21-19-16-14-12-2)40-25-28-44-45(31-40)64-52(57-44)63-51(43(33-55)48(62-63)53(8,9)10)61-60-47-38(7)42(32-54)49(56-41-26-23-34(3)24-27-41)59-50(47)58-46-36(5)29-35(4)30-37(46)6/h23-31,39H,11-22H2,1-10H3,(H2,56,58,59). The molecule has 0 amide bonds. The van der Waals surface area contributed by atoms with Crippen LogP contribution in [-0.2, 0) is 5.41 Å². The summed E-state index contributed by atoms with van der Waals surface area (Å²) < 4.78 is 2.75. The Morgan fingerprint density at radius 2 is 1.33 bits per heavy atom. The number of azo groups is 1. The Labute approximate surface area is 385 Å². The first-order valence-corrected chi connectivity index (χ1v) is 24.1. The van der Waals surface area contributed by atoms with Crippen LogP contribution >= 0.6 is 11.3 Å². The van der Waals surface area contributed by atoms with Gasteiger partial charge in [-0.3, -0.25) is 0 Å². The van der Waals surface area contributed by atoms with Crippen molar-refractivity contribution in [2.45, 2.75) is 158 Å². The van der Waals surface area contributed by atoms with E-state index < -0.39 is 5.41 Å². The molecule has 0 fully saturated rings. The maximum Gasteiger partial charge on any atom is 0.213 e. The van der Waals surface area contributed by atoms with E-state index >= 15 is 0 Å². The Kier molecular flexibility index (Phi) is 16.1. The minimum absolute atomic E-state index is 0.275. The summed E-state index contributed by atoms with van der Waals surface area (Å²) >= 11 is 1.55. The molecule has 10 nitrogen and oxygen atoms in total. The largest absolute Gasteiger partial charge is 0.339 e. The van der Waals surface area contributed by atoms with Crippen LogP contribution in [0.25, 0.3) is 15.3 Å². The summed E-state index contributed by atoms with van der Waals surface area (Å²) in [5, 5.41) is 43.7. The molecular formula is C53H66N10S. The molecule has 0 saturated heterocycles. The lowest BCUT2D eigenvalue weighted by Crippen LogP contribution is -2.14. The fraction of sp³-hybridized carbons (Fsp3) is 0.453. The predicted molar refractivity (Wildman–Crippen MR) is 266 cm³/mol. The molecule has 3 aromatic heterocycles. The molecule has 0 radical (unpaired) electrons. The van der Waals surface area contributed by atoms with Crippen LogP contribution < -0.4 is 10.6 Å². The number of nitrogens with one attached hydrogen (secondary N) is 2. The smallest absolute Gasteiger partial charge is 0.213 e. The van der Waals surface area contributed by atoms with Gasteiger partial charge in [0.05, 0.1) is 21.5 Å². The summed E-state index contributed by atoms with van der Waals surface area (Å²) in [5.41, 5.74) is 10.1. The van der Waals surface area contributed by atoms with Crippen LogP contribution in [-0.4, -0.2) is 19.7 Å². The molecule has 0 aliphatic carbocycles. The Morgan fingerprint density at radius 3 is 1.95 bits per heavy atom. The normalized spacial score (nSPS) is 12.2. The third kappa shape index (κ3) is 11.4. The highest BCUT2D eigenvalue weighted by molar-refractivity contribution is 7.20. The van der Waals surface area contributed by atoms with Crippen LogP contribution in [0.1, 0.15) is 168 Å². The molecule has 64 heavy (non-hydrogen) atoms. The number of pyridine rings is 1. The Morgan fingerprint density at radius 1 is 0.703 bits per heavy atom. The van der Waals surface area contributed by atoms with Crippen LogP contribution in [0.15, 0.2) is 64.8 Å². The van der Waals surface area contributed by atoms with Gasteiger partial charge in [0, 0.05) is 22.4 Å². The number of unbranched alkanes of at least 4 members (excludes halogenated alkanes) is 8. The van der Waals surface area contributed by atoms with Crippen LogP contribution in [0, 0.1) is 57.3 Å². The lowest BCUT2D eigenvalue weighted by Gasteiger charge is -2.18. The number of hydrogen-bond acceptors (Lipinski definition) is 10. The molecule has 0 bridgehead atoms. The van der Waals surface area contributed by atoms with Crippen molar-refractivity contribution in [3.8, 4) is 17.3 Å². The summed E-state index contributed by atoms with van der Waals surface area (Å²) in [6.07, 6.45) is 15.2. The molecular weight excluding hydrogens is 809 g/mol. The fourth-order valence-electron chi connectivity index (χ4n) is 8.50. The van der Waals surface area contributed by atoms with Gasteiger partial charge in [0.25, 0.3) is 0 Å². The van der Waals surface area contributed by atoms with E-state index in [0.717, 1.165) is 43.8 Å². The summed E-state index contributed by atoms with van der Waals surface area (Å²) in [6.45, 7) is 20.7. The Bertz CT molecular complexity index is 2640. The summed E-state index contributed by atoms with van der Waals surface area (Å²) in [4.78, 5) is 10.1. The van der Waals surface area contributed by atoms with E-state index in [4.69, 9.17) is 25.3 Å². The highest BCUT2D eigenvalue weighted by Crippen LogP contribution is 2.41.